The second kappa shape index (κ2) is 15.4. The molecule has 1 saturated heterocycles. The lowest BCUT2D eigenvalue weighted by molar-refractivity contribution is -0.113. The summed E-state index contributed by atoms with van der Waals surface area (Å²) in [4.78, 5) is 27.7. The van der Waals surface area contributed by atoms with Gasteiger partial charge in [-0.25, -0.2) is 0 Å². The lowest BCUT2D eigenvalue weighted by Crippen LogP contribution is -2.37. The molecule has 2 N–H and O–H groups in total. The number of hydrogen-bond donors (Lipinski definition) is 2. The first-order valence-corrected chi connectivity index (χ1v) is 13.6. The average Bonchev–Trinajstić information content (AvgIpc) is 3.44. The Kier molecular flexibility index (Phi) is 12.7. The average molecular weight is 498 g/mol. The summed E-state index contributed by atoms with van der Waals surface area (Å²) in [7, 11) is 3.97. The predicted molar refractivity (Wildman–Crippen MR) is 150 cm³/mol. The van der Waals surface area contributed by atoms with E-state index >= 15 is 0 Å². The Morgan fingerprint density at radius 3 is 2.28 bits per heavy atom. The van der Waals surface area contributed by atoms with E-state index in [0.717, 1.165) is 37.2 Å². The molecule has 2 fully saturated rings. The molecule has 0 unspecified atom stereocenters. The summed E-state index contributed by atoms with van der Waals surface area (Å²) in [6.45, 7) is 10.4. The number of aryl methyl sites for hydroxylation is 1. The van der Waals surface area contributed by atoms with Crippen LogP contribution in [0.25, 0.3) is 0 Å². The minimum atomic E-state index is -0.172. The number of rotatable bonds is 8. The van der Waals surface area contributed by atoms with E-state index in [1.165, 1.54) is 32.1 Å². The summed E-state index contributed by atoms with van der Waals surface area (Å²) in [6.07, 6.45) is 12.1. The molecule has 1 saturated carbocycles. The van der Waals surface area contributed by atoms with Crippen molar-refractivity contribution in [3.05, 3.63) is 40.6 Å². The van der Waals surface area contributed by atoms with Crippen LogP contribution < -0.4 is 10.6 Å². The third-order valence-electron chi connectivity index (χ3n) is 7.16. The lowest BCUT2D eigenvalue weighted by atomic mass is 9.97. The monoisotopic (exact) mass is 497 g/mol. The second-order valence-electron chi connectivity index (χ2n) is 10.0. The number of anilines is 1. The normalized spacial score (nSPS) is 17.3. The van der Waals surface area contributed by atoms with Crippen LogP contribution in [0.15, 0.2) is 34.6 Å². The first kappa shape index (κ1) is 29.6. The molecular weight excluding hydrogens is 450 g/mol. The van der Waals surface area contributed by atoms with Gasteiger partial charge in [-0.2, -0.15) is 5.10 Å². The van der Waals surface area contributed by atoms with Gasteiger partial charge in [-0.1, -0.05) is 39.0 Å². The van der Waals surface area contributed by atoms with Gasteiger partial charge in [0.2, 0.25) is 0 Å². The van der Waals surface area contributed by atoms with E-state index in [1.807, 2.05) is 33.9 Å². The zero-order chi connectivity index (χ0) is 26.5. The van der Waals surface area contributed by atoms with Crippen LogP contribution in [0.3, 0.4) is 0 Å². The molecule has 0 bridgehead atoms. The fourth-order valence-electron chi connectivity index (χ4n) is 4.81. The number of amides is 2. The molecule has 2 aliphatic rings. The highest BCUT2D eigenvalue weighted by molar-refractivity contribution is 6.04. The Morgan fingerprint density at radius 1 is 1.14 bits per heavy atom. The van der Waals surface area contributed by atoms with Gasteiger partial charge in [0.25, 0.3) is 11.8 Å². The van der Waals surface area contributed by atoms with Crippen molar-refractivity contribution in [1.82, 2.24) is 15.2 Å². The quantitative estimate of drug-likeness (QED) is 0.279. The summed E-state index contributed by atoms with van der Waals surface area (Å²) in [5, 5.41) is 12.0. The van der Waals surface area contributed by atoms with Crippen LogP contribution >= 0.6 is 0 Å². The molecule has 1 aliphatic carbocycles. The number of nitrogens with one attached hydrogen (secondary N) is 2. The Labute approximate surface area is 218 Å². The van der Waals surface area contributed by atoms with Crippen LogP contribution in [-0.2, 0) is 4.79 Å². The fraction of sp³-hybridized carbons (Fsp3) is 0.621. The Balaban J connectivity index is 0.000000809. The number of allylic oxidation sites excluding steroid dienone is 1. The highest BCUT2D eigenvalue weighted by Crippen LogP contribution is 2.20. The number of carbonyl (C=O) groups is 2. The molecule has 36 heavy (non-hydrogen) atoms. The molecule has 3 rings (SSSR count). The predicted octanol–water partition coefficient (Wildman–Crippen LogP) is 5.58. The van der Waals surface area contributed by atoms with E-state index in [9.17, 15) is 9.59 Å². The molecule has 1 heterocycles. The van der Waals surface area contributed by atoms with E-state index in [0.29, 0.717) is 35.7 Å². The molecule has 0 spiro atoms. The lowest BCUT2D eigenvalue weighted by Gasteiger charge is -2.29. The van der Waals surface area contributed by atoms with Crippen molar-refractivity contribution in [2.24, 2.45) is 11.0 Å². The first-order valence-electron chi connectivity index (χ1n) is 13.6. The molecule has 2 amide bonds. The van der Waals surface area contributed by atoms with E-state index in [-0.39, 0.29) is 11.8 Å². The topological polar surface area (TPSA) is 77.0 Å². The van der Waals surface area contributed by atoms with Crippen molar-refractivity contribution >= 4 is 23.7 Å². The molecular formula is C29H47N5O2. The number of carbonyl (C=O) groups excluding carboxylic acids is 2. The van der Waals surface area contributed by atoms with Crippen LogP contribution in [0.2, 0.25) is 0 Å². The number of likely N-dealkylation sites (tertiary alicyclic amines) is 1. The summed E-state index contributed by atoms with van der Waals surface area (Å²) in [5.74, 6) is 0.309. The van der Waals surface area contributed by atoms with Crippen molar-refractivity contribution in [2.45, 2.75) is 79.1 Å². The molecule has 7 heteroatoms. The smallest absolute Gasteiger partial charge is 0.253 e. The zero-order valence-electron chi connectivity index (χ0n) is 23.3. The minimum absolute atomic E-state index is 0.0577. The van der Waals surface area contributed by atoms with Gasteiger partial charge in [0, 0.05) is 42.3 Å². The van der Waals surface area contributed by atoms with Crippen LogP contribution in [0.4, 0.5) is 5.69 Å². The molecule has 1 aromatic carbocycles. The molecule has 1 aromatic rings. The van der Waals surface area contributed by atoms with E-state index in [2.05, 4.69) is 27.7 Å². The van der Waals surface area contributed by atoms with Gasteiger partial charge >= 0.3 is 0 Å². The Bertz CT molecular complexity index is 905. The third-order valence-corrected chi connectivity index (χ3v) is 7.16. The number of benzene rings is 1. The van der Waals surface area contributed by atoms with E-state index in [1.54, 1.807) is 30.3 Å². The number of piperidine rings is 1. The van der Waals surface area contributed by atoms with Crippen molar-refractivity contribution in [2.75, 3.05) is 39.0 Å². The summed E-state index contributed by atoms with van der Waals surface area (Å²) in [5.41, 5.74) is 3.63. The number of hydrazone groups is 1. The molecule has 0 radical (unpaired) electrons. The van der Waals surface area contributed by atoms with Gasteiger partial charge in [-0.05, 0) is 89.9 Å². The van der Waals surface area contributed by atoms with Crippen LogP contribution in [-0.4, -0.2) is 61.7 Å². The zero-order valence-corrected chi connectivity index (χ0v) is 23.3. The van der Waals surface area contributed by atoms with E-state index in [4.69, 9.17) is 0 Å². The highest BCUT2D eigenvalue weighted by Gasteiger charge is 2.19. The van der Waals surface area contributed by atoms with Crippen LogP contribution in [0.1, 0.15) is 88.1 Å². The van der Waals surface area contributed by atoms with Gasteiger partial charge in [0.05, 0.1) is 0 Å². The minimum Gasteiger partial charge on any atom is -0.352 e. The van der Waals surface area contributed by atoms with Gasteiger partial charge in [0.15, 0.2) is 0 Å². The molecule has 0 aromatic heterocycles. The Hall–Kier alpha value is -2.67. The molecule has 1 aliphatic heterocycles. The maximum Gasteiger partial charge on any atom is 0.253 e. The SMILES string of the molecule is C/C=N\N(C)/C(CC)=C(\C)C(=O)Nc1ccc(C(=O)NCC2CCN(C)CC2)c(C)c1.C1CCCC1. The van der Waals surface area contributed by atoms with Crippen molar-refractivity contribution < 1.29 is 9.59 Å². The fourth-order valence-corrected chi connectivity index (χ4v) is 4.81. The number of hydrogen-bond acceptors (Lipinski definition) is 5. The van der Waals surface area contributed by atoms with Gasteiger partial charge in [-0.3, -0.25) is 14.6 Å². The maximum absolute atomic E-state index is 12.7. The second-order valence-corrected chi connectivity index (χ2v) is 10.0. The van der Waals surface area contributed by atoms with Crippen molar-refractivity contribution in [3.8, 4) is 0 Å². The van der Waals surface area contributed by atoms with Crippen molar-refractivity contribution in [1.29, 1.82) is 0 Å². The van der Waals surface area contributed by atoms with Gasteiger partial charge < -0.3 is 15.5 Å². The van der Waals surface area contributed by atoms with E-state index < -0.39 is 0 Å². The van der Waals surface area contributed by atoms with Gasteiger partial charge in [-0.15, -0.1) is 0 Å². The summed E-state index contributed by atoms with van der Waals surface area (Å²) >= 11 is 0. The largest absolute Gasteiger partial charge is 0.352 e. The molecule has 7 nitrogen and oxygen atoms in total. The van der Waals surface area contributed by atoms with Crippen LogP contribution in [0.5, 0.6) is 0 Å². The van der Waals surface area contributed by atoms with Crippen LogP contribution in [0, 0.1) is 12.8 Å². The molecule has 0 atom stereocenters. The third kappa shape index (κ3) is 9.41. The standard InChI is InChI=1S/C24H37N5O2.C5H10/c1-7-22(29(6)26-8-2)18(4)23(30)27-20-9-10-21(17(3)15-20)24(31)25-16-19-11-13-28(5)14-12-19;1-2-4-5-3-1/h8-10,15,19H,7,11-14,16H2,1-6H3,(H,25,31)(H,27,30);1-5H2/b22-18+,26-8-;. The summed E-state index contributed by atoms with van der Waals surface area (Å²) < 4.78 is 0. The summed E-state index contributed by atoms with van der Waals surface area (Å²) in [6, 6.07) is 5.40. The van der Waals surface area contributed by atoms with Gasteiger partial charge in [0.1, 0.15) is 0 Å². The first-order chi connectivity index (χ1) is 17.3. The Morgan fingerprint density at radius 2 is 1.75 bits per heavy atom. The van der Waals surface area contributed by atoms with Crippen molar-refractivity contribution in [3.63, 3.8) is 0 Å². The maximum atomic E-state index is 12.7. The highest BCUT2D eigenvalue weighted by atomic mass is 16.2. The number of nitrogens with zero attached hydrogens (tertiary/aromatic N) is 3. The molecule has 200 valence electrons.